The second-order valence-corrected chi connectivity index (χ2v) is 12.7. The van der Waals surface area contributed by atoms with Gasteiger partial charge >= 0.3 is 0 Å². The summed E-state index contributed by atoms with van der Waals surface area (Å²) in [5.74, 6) is 2.17. The molecule has 0 N–H and O–H groups in total. The third-order valence-electron chi connectivity index (χ3n) is 9.54. The molecule has 5 atom stereocenters. The van der Waals surface area contributed by atoms with Crippen LogP contribution in [0.2, 0.25) is 0 Å². The first-order valence-electron chi connectivity index (χ1n) is 15.3. The summed E-state index contributed by atoms with van der Waals surface area (Å²) in [5.41, 5.74) is 6.45. The van der Waals surface area contributed by atoms with Crippen LogP contribution in [0.25, 0.3) is 0 Å². The average molecular weight is 542 g/mol. The summed E-state index contributed by atoms with van der Waals surface area (Å²) in [6.07, 6.45) is 6.07. The van der Waals surface area contributed by atoms with Gasteiger partial charge in [-0.2, -0.15) is 0 Å². The number of ether oxygens (including phenoxy) is 1. The highest BCUT2D eigenvalue weighted by Crippen LogP contribution is 2.50. The van der Waals surface area contributed by atoms with Gasteiger partial charge in [-0.1, -0.05) is 136 Å². The van der Waals surface area contributed by atoms with Gasteiger partial charge in [0.05, 0.1) is 6.04 Å². The fourth-order valence-electron chi connectivity index (χ4n) is 7.16. The van der Waals surface area contributed by atoms with Gasteiger partial charge < -0.3 is 9.64 Å². The molecule has 0 saturated heterocycles. The van der Waals surface area contributed by atoms with Crippen LogP contribution in [0.3, 0.4) is 0 Å². The Morgan fingerprint density at radius 1 is 0.707 bits per heavy atom. The molecule has 6 rings (SSSR count). The van der Waals surface area contributed by atoms with Crippen LogP contribution in [-0.4, -0.2) is 6.10 Å². The summed E-state index contributed by atoms with van der Waals surface area (Å²) in [6.45, 7) is 9.39. The third kappa shape index (κ3) is 5.58. The van der Waals surface area contributed by atoms with E-state index in [4.69, 9.17) is 4.74 Å². The highest BCUT2D eigenvalue weighted by molar-refractivity contribution is 5.59. The maximum absolute atomic E-state index is 7.36. The molecule has 1 saturated carbocycles. The second kappa shape index (κ2) is 11.6. The van der Waals surface area contributed by atoms with Crippen molar-refractivity contribution in [3.8, 4) is 0 Å². The molecular weight excluding hydrogens is 498 g/mol. The van der Waals surface area contributed by atoms with E-state index in [0.717, 1.165) is 12.2 Å². The summed E-state index contributed by atoms with van der Waals surface area (Å²) >= 11 is 0. The minimum absolute atomic E-state index is 0.00170. The number of benzene rings is 4. The smallest absolute Gasteiger partial charge is 0.122 e. The molecule has 41 heavy (non-hydrogen) atoms. The topological polar surface area (TPSA) is 12.5 Å². The van der Waals surface area contributed by atoms with E-state index in [-0.39, 0.29) is 23.6 Å². The second-order valence-electron chi connectivity index (χ2n) is 12.7. The minimum Gasteiger partial charge on any atom is -0.492 e. The van der Waals surface area contributed by atoms with E-state index < -0.39 is 0 Å². The molecule has 1 aliphatic heterocycles. The number of hydrogen-bond donors (Lipinski definition) is 0. The molecule has 210 valence electrons. The molecule has 0 amide bonds. The largest absolute Gasteiger partial charge is 0.492 e. The Hall–Kier alpha value is -3.78. The van der Waals surface area contributed by atoms with E-state index in [2.05, 4.69) is 154 Å². The zero-order chi connectivity index (χ0) is 28.4. The van der Waals surface area contributed by atoms with Gasteiger partial charge in [0.25, 0.3) is 0 Å². The third-order valence-corrected chi connectivity index (χ3v) is 9.54. The highest BCUT2D eigenvalue weighted by Gasteiger charge is 2.44. The predicted molar refractivity (Wildman–Crippen MR) is 171 cm³/mol. The number of hydrogen-bond acceptors (Lipinski definition) is 2. The van der Waals surface area contributed by atoms with Gasteiger partial charge in [-0.05, 0) is 66.0 Å². The molecule has 4 aromatic carbocycles. The lowest BCUT2D eigenvalue weighted by atomic mass is 9.64. The Bertz CT molecular complexity index is 1440. The van der Waals surface area contributed by atoms with Crippen molar-refractivity contribution in [1.82, 2.24) is 0 Å². The Morgan fingerprint density at radius 2 is 1.29 bits per heavy atom. The maximum Gasteiger partial charge on any atom is 0.122 e. The van der Waals surface area contributed by atoms with Gasteiger partial charge in [-0.15, -0.1) is 0 Å². The molecular formula is C39H43NO. The minimum atomic E-state index is 0.00170. The molecule has 1 heterocycles. The van der Waals surface area contributed by atoms with E-state index in [1.807, 2.05) is 0 Å². The van der Waals surface area contributed by atoms with E-state index >= 15 is 0 Å². The van der Waals surface area contributed by atoms with E-state index in [1.54, 1.807) is 0 Å². The molecule has 0 spiro atoms. The monoisotopic (exact) mass is 541 g/mol. The molecule has 0 bridgehead atoms. The fraction of sp³-hybridized carbons (Fsp3) is 0.333. The SMILES string of the molecule is Cc1ccc(N2[C@@H](c3ccccc3)C=C(O[C@@H]3C[C@H](C)CC[C@H]3C(C)(C)c3ccccc3)[C@@H]2c2ccccc2)cc1. The van der Waals surface area contributed by atoms with Crippen LogP contribution in [0, 0.1) is 18.8 Å². The van der Waals surface area contributed by atoms with Crippen LogP contribution < -0.4 is 4.90 Å². The maximum atomic E-state index is 7.36. The molecule has 1 fully saturated rings. The first-order valence-corrected chi connectivity index (χ1v) is 15.3. The lowest BCUT2D eigenvalue weighted by Crippen LogP contribution is -2.43. The van der Waals surface area contributed by atoms with Crippen LogP contribution in [-0.2, 0) is 10.2 Å². The van der Waals surface area contributed by atoms with Crippen molar-refractivity contribution in [2.75, 3.05) is 4.90 Å². The Balaban J connectivity index is 1.43. The average Bonchev–Trinajstić information content (AvgIpc) is 3.38. The quantitative estimate of drug-likeness (QED) is 0.231. The summed E-state index contributed by atoms with van der Waals surface area (Å²) in [5, 5.41) is 0. The number of nitrogens with zero attached hydrogens (tertiary/aromatic N) is 1. The summed E-state index contributed by atoms with van der Waals surface area (Å²) in [4.78, 5) is 2.56. The molecule has 2 aliphatic rings. The van der Waals surface area contributed by atoms with Gasteiger partial charge in [-0.25, -0.2) is 0 Å². The number of anilines is 1. The molecule has 2 heteroatoms. The van der Waals surface area contributed by atoms with E-state index in [1.165, 1.54) is 40.8 Å². The van der Waals surface area contributed by atoms with Crippen molar-refractivity contribution in [3.63, 3.8) is 0 Å². The van der Waals surface area contributed by atoms with Crippen LogP contribution >= 0.6 is 0 Å². The van der Waals surface area contributed by atoms with Crippen molar-refractivity contribution >= 4 is 5.69 Å². The van der Waals surface area contributed by atoms with Crippen molar-refractivity contribution in [1.29, 1.82) is 0 Å². The molecule has 4 aromatic rings. The zero-order valence-corrected chi connectivity index (χ0v) is 24.9. The van der Waals surface area contributed by atoms with Crippen LogP contribution in [0.5, 0.6) is 0 Å². The summed E-state index contributed by atoms with van der Waals surface area (Å²) in [7, 11) is 0. The van der Waals surface area contributed by atoms with Crippen molar-refractivity contribution in [3.05, 3.63) is 149 Å². The fourth-order valence-corrected chi connectivity index (χ4v) is 7.16. The molecule has 0 aromatic heterocycles. The Labute approximate surface area is 246 Å². The number of rotatable bonds is 7. The van der Waals surface area contributed by atoms with Gasteiger partial charge in [0, 0.05) is 11.6 Å². The summed E-state index contributed by atoms with van der Waals surface area (Å²) in [6, 6.07) is 41.9. The van der Waals surface area contributed by atoms with Crippen molar-refractivity contribution in [2.45, 2.75) is 70.6 Å². The first kappa shape index (κ1) is 27.4. The molecule has 1 aliphatic carbocycles. The van der Waals surface area contributed by atoms with Gasteiger partial charge in [-0.3, -0.25) is 0 Å². The molecule has 0 radical (unpaired) electrons. The van der Waals surface area contributed by atoms with E-state index in [9.17, 15) is 0 Å². The van der Waals surface area contributed by atoms with Gasteiger partial charge in [0.2, 0.25) is 0 Å². The Kier molecular flexibility index (Phi) is 7.75. The zero-order valence-electron chi connectivity index (χ0n) is 24.9. The van der Waals surface area contributed by atoms with Crippen LogP contribution in [0.15, 0.2) is 127 Å². The van der Waals surface area contributed by atoms with Crippen LogP contribution in [0.4, 0.5) is 5.69 Å². The van der Waals surface area contributed by atoms with Crippen LogP contribution in [0.1, 0.15) is 74.4 Å². The Morgan fingerprint density at radius 3 is 1.93 bits per heavy atom. The van der Waals surface area contributed by atoms with E-state index in [0.29, 0.717) is 11.8 Å². The van der Waals surface area contributed by atoms with Gasteiger partial charge in [0.1, 0.15) is 17.9 Å². The lowest BCUT2D eigenvalue weighted by Gasteiger charge is -2.45. The molecule has 2 nitrogen and oxygen atoms in total. The normalized spacial score (nSPS) is 24.6. The van der Waals surface area contributed by atoms with Crippen molar-refractivity contribution < 1.29 is 4.74 Å². The number of aryl methyl sites for hydroxylation is 1. The van der Waals surface area contributed by atoms with Gasteiger partial charge in [0.15, 0.2) is 0 Å². The molecule has 0 unspecified atom stereocenters. The van der Waals surface area contributed by atoms with Crippen molar-refractivity contribution in [2.24, 2.45) is 11.8 Å². The standard InChI is InChI=1S/C39H43NO/c1-28-20-23-33(24-21-28)40-35(30-14-8-5-9-15-30)27-37(38(40)31-16-10-6-11-17-31)41-36-26-29(2)22-25-34(36)39(3,4)32-18-12-7-13-19-32/h5-21,23-24,27,29,34-36,38H,22,25-26H2,1-4H3/t29-,34-,35-,36-,38+/m1/s1. The lowest BCUT2D eigenvalue weighted by molar-refractivity contribution is -0.0154. The predicted octanol–water partition coefficient (Wildman–Crippen LogP) is 9.98. The first-order chi connectivity index (χ1) is 19.9. The summed E-state index contributed by atoms with van der Waals surface area (Å²) < 4.78 is 7.36. The highest BCUT2D eigenvalue weighted by atomic mass is 16.5.